The normalized spacial score (nSPS) is 14.5. The second-order valence-corrected chi connectivity index (χ2v) is 5.06. The maximum absolute atomic E-state index is 11.8. The highest BCUT2D eigenvalue weighted by molar-refractivity contribution is 5.84. The Morgan fingerprint density at radius 3 is 2.76 bits per heavy atom. The zero-order valence-electron chi connectivity index (χ0n) is 11.8. The first-order chi connectivity index (χ1) is 10.2. The van der Waals surface area contributed by atoms with Gasteiger partial charge in [-0.05, 0) is 35.6 Å². The van der Waals surface area contributed by atoms with Crippen LogP contribution in [0.3, 0.4) is 0 Å². The molecule has 1 aromatic heterocycles. The predicted octanol–water partition coefficient (Wildman–Crippen LogP) is 2.75. The van der Waals surface area contributed by atoms with Crippen LogP contribution in [0.15, 0.2) is 53.5 Å². The van der Waals surface area contributed by atoms with E-state index < -0.39 is 5.56 Å². The number of rotatable bonds is 2. The van der Waals surface area contributed by atoms with Gasteiger partial charge in [0, 0.05) is 7.05 Å². The van der Waals surface area contributed by atoms with Gasteiger partial charge in [0.1, 0.15) is 5.82 Å². The van der Waals surface area contributed by atoms with Gasteiger partial charge in [-0.1, -0.05) is 36.4 Å². The topological polar surface area (TPSA) is 55.1 Å². The molecule has 4 nitrogen and oxygen atoms in total. The van der Waals surface area contributed by atoms with E-state index in [-0.39, 0.29) is 5.75 Å². The second-order valence-electron chi connectivity index (χ2n) is 5.06. The molecule has 21 heavy (non-hydrogen) atoms. The van der Waals surface area contributed by atoms with Crippen LogP contribution < -0.4 is 5.56 Å². The molecule has 0 saturated heterocycles. The molecule has 4 heteroatoms. The molecule has 0 unspecified atom stereocenters. The summed E-state index contributed by atoms with van der Waals surface area (Å²) in [6.45, 7) is 0. The Bertz CT molecular complexity index is 786. The molecule has 0 saturated carbocycles. The van der Waals surface area contributed by atoms with E-state index in [2.05, 4.69) is 29.3 Å². The van der Waals surface area contributed by atoms with Crippen molar-refractivity contribution in [2.24, 2.45) is 7.05 Å². The minimum atomic E-state index is -0.420. The van der Waals surface area contributed by atoms with Crippen LogP contribution in [0, 0.1) is 0 Å². The zero-order chi connectivity index (χ0) is 14.8. The lowest BCUT2D eigenvalue weighted by atomic mass is 9.94. The SMILES string of the molecule is Cn1c(C2=CC(c3ccccc3)=CCC2)ncc(O)c1=O. The summed E-state index contributed by atoms with van der Waals surface area (Å²) in [5.41, 5.74) is 2.88. The average molecular weight is 280 g/mol. The smallest absolute Gasteiger partial charge is 0.295 e. The fourth-order valence-corrected chi connectivity index (χ4v) is 2.54. The molecule has 2 aromatic rings. The summed E-state index contributed by atoms with van der Waals surface area (Å²) >= 11 is 0. The third-order valence-corrected chi connectivity index (χ3v) is 3.65. The lowest BCUT2D eigenvalue weighted by Crippen LogP contribution is -2.21. The van der Waals surface area contributed by atoms with Gasteiger partial charge >= 0.3 is 0 Å². The number of benzene rings is 1. The molecule has 0 bridgehead atoms. The van der Waals surface area contributed by atoms with Crippen molar-refractivity contribution >= 4 is 11.1 Å². The molecular formula is C17H16N2O2. The zero-order valence-corrected chi connectivity index (χ0v) is 11.8. The molecule has 1 aliphatic carbocycles. The predicted molar refractivity (Wildman–Crippen MR) is 82.8 cm³/mol. The molecule has 1 aliphatic rings. The summed E-state index contributed by atoms with van der Waals surface area (Å²) in [5, 5.41) is 9.43. The third-order valence-electron chi connectivity index (χ3n) is 3.65. The van der Waals surface area contributed by atoms with Crippen LogP contribution in [0.1, 0.15) is 24.2 Å². The van der Waals surface area contributed by atoms with Gasteiger partial charge in [-0.25, -0.2) is 4.98 Å². The van der Waals surface area contributed by atoms with Gasteiger partial charge in [-0.2, -0.15) is 0 Å². The minimum absolute atomic E-state index is 0.323. The number of hydrogen-bond donors (Lipinski definition) is 1. The molecule has 1 aromatic carbocycles. The van der Waals surface area contributed by atoms with Gasteiger partial charge < -0.3 is 5.11 Å². The molecule has 0 aliphatic heterocycles. The van der Waals surface area contributed by atoms with Crippen molar-refractivity contribution in [3.8, 4) is 5.75 Å². The minimum Gasteiger partial charge on any atom is -0.502 e. The van der Waals surface area contributed by atoms with Crippen LogP contribution in [0.5, 0.6) is 5.75 Å². The van der Waals surface area contributed by atoms with Crippen LogP contribution >= 0.6 is 0 Å². The Morgan fingerprint density at radius 1 is 1.24 bits per heavy atom. The van der Waals surface area contributed by atoms with Crippen molar-refractivity contribution in [3.63, 3.8) is 0 Å². The highest BCUT2D eigenvalue weighted by Gasteiger charge is 2.14. The summed E-state index contributed by atoms with van der Waals surface area (Å²) in [7, 11) is 1.63. The van der Waals surface area contributed by atoms with Crippen molar-refractivity contribution in [2.45, 2.75) is 12.8 Å². The maximum atomic E-state index is 11.8. The summed E-state index contributed by atoms with van der Waals surface area (Å²) in [5.74, 6) is 0.288. The van der Waals surface area contributed by atoms with Gasteiger partial charge in [-0.15, -0.1) is 0 Å². The van der Waals surface area contributed by atoms with Crippen molar-refractivity contribution in [1.82, 2.24) is 9.55 Å². The van der Waals surface area contributed by atoms with Gasteiger partial charge in [0.05, 0.1) is 6.20 Å². The summed E-state index contributed by atoms with van der Waals surface area (Å²) in [6.07, 6.45) is 7.22. The van der Waals surface area contributed by atoms with E-state index in [4.69, 9.17) is 0 Å². The van der Waals surface area contributed by atoms with E-state index in [0.29, 0.717) is 5.82 Å². The summed E-state index contributed by atoms with van der Waals surface area (Å²) in [6, 6.07) is 10.1. The molecule has 0 atom stereocenters. The summed E-state index contributed by atoms with van der Waals surface area (Å²) < 4.78 is 1.40. The first-order valence-electron chi connectivity index (χ1n) is 6.88. The number of aromatic hydroxyl groups is 1. The van der Waals surface area contributed by atoms with Crippen LogP contribution in [0.25, 0.3) is 11.1 Å². The molecule has 0 amide bonds. The number of hydrogen-bond acceptors (Lipinski definition) is 3. The van der Waals surface area contributed by atoms with Crippen molar-refractivity contribution in [3.05, 3.63) is 70.4 Å². The molecule has 0 fully saturated rings. The fraction of sp³-hybridized carbons (Fsp3) is 0.176. The average Bonchev–Trinajstić information content (AvgIpc) is 2.54. The largest absolute Gasteiger partial charge is 0.502 e. The van der Waals surface area contributed by atoms with Crippen molar-refractivity contribution < 1.29 is 5.11 Å². The lowest BCUT2D eigenvalue weighted by molar-refractivity contribution is 0.456. The van der Waals surface area contributed by atoms with Crippen LogP contribution in [-0.4, -0.2) is 14.7 Å². The monoisotopic (exact) mass is 280 g/mol. The van der Waals surface area contributed by atoms with Crippen LogP contribution in [-0.2, 0) is 7.05 Å². The standard InChI is InChI=1S/C17H16N2O2/c1-19-16(18-11-15(20)17(19)21)14-9-5-8-13(10-14)12-6-3-2-4-7-12/h2-4,6-8,10-11,20H,5,9H2,1H3. The molecule has 0 spiro atoms. The fourth-order valence-electron chi connectivity index (χ4n) is 2.54. The van der Waals surface area contributed by atoms with Gasteiger partial charge in [-0.3, -0.25) is 9.36 Å². The molecule has 1 heterocycles. The Morgan fingerprint density at radius 2 is 2.00 bits per heavy atom. The Kier molecular flexibility index (Phi) is 3.44. The van der Waals surface area contributed by atoms with Crippen molar-refractivity contribution in [2.75, 3.05) is 0 Å². The van der Waals surface area contributed by atoms with Gasteiger partial charge in [0.2, 0.25) is 0 Å². The van der Waals surface area contributed by atoms with E-state index in [0.717, 1.165) is 29.6 Å². The lowest BCUT2D eigenvalue weighted by Gasteiger charge is -2.16. The Balaban J connectivity index is 2.04. The van der Waals surface area contributed by atoms with Crippen LogP contribution in [0.4, 0.5) is 0 Å². The molecular weight excluding hydrogens is 264 g/mol. The Labute approximate surface area is 122 Å². The van der Waals surface area contributed by atoms with E-state index in [1.807, 2.05) is 18.2 Å². The van der Waals surface area contributed by atoms with Crippen molar-refractivity contribution in [1.29, 1.82) is 0 Å². The second kappa shape index (κ2) is 5.40. The maximum Gasteiger partial charge on any atom is 0.295 e. The molecule has 1 N–H and O–H groups in total. The first kappa shape index (κ1) is 13.4. The first-order valence-corrected chi connectivity index (χ1v) is 6.88. The van der Waals surface area contributed by atoms with E-state index in [1.165, 1.54) is 10.8 Å². The number of nitrogens with zero attached hydrogens (tertiary/aromatic N) is 2. The Hall–Kier alpha value is -2.62. The molecule has 3 rings (SSSR count). The van der Waals surface area contributed by atoms with E-state index >= 15 is 0 Å². The van der Waals surface area contributed by atoms with Crippen LogP contribution in [0.2, 0.25) is 0 Å². The highest BCUT2D eigenvalue weighted by atomic mass is 16.3. The van der Waals surface area contributed by atoms with Gasteiger partial charge in [0.15, 0.2) is 5.75 Å². The molecule has 0 radical (unpaired) electrons. The van der Waals surface area contributed by atoms with E-state index in [9.17, 15) is 9.90 Å². The van der Waals surface area contributed by atoms with E-state index in [1.54, 1.807) is 7.05 Å². The number of aromatic nitrogens is 2. The highest BCUT2D eigenvalue weighted by Crippen LogP contribution is 2.29. The third kappa shape index (κ3) is 2.52. The molecule has 106 valence electrons. The summed E-state index contributed by atoms with van der Waals surface area (Å²) in [4.78, 5) is 16.0. The quantitative estimate of drug-likeness (QED) is 0.920. The van der Waals surface area contributed by atoms with Gasteiger partial charge in [0.25, 0.3) is 5.56 Å². The number of allylic oxidation sites excluding steroid dienone is 4.